The number of nitro benzene ring substituents is 1. The highest BCUT2D eigenvalue weighted by molar-refractivity contribution is 6.03. The molecule has 3 aromatic carbocycles. The summed E-state index contributed by atoms with van der Waals surface area (Å²) in [5.74, 6) is -0.482. The molecule has 71 heavy (non-hydrogen) atoms. The molecule has 2 aliphatic carbocycles. The van der Waals surface area contributed by atoms with Gasteiger partial charge in [0, 0.05) is 50.3 Å². The largest absolute Gasteiger partial charge is 0.496 e. The normalized spacial score (nSPS) is 21.5. The Kier molecular flexibility index (Phi) is 21.3. The molecule has 0 radical (unpaired) electrons. The van der Waals surface area contributed by atoms with Crippen LogP contribution in [0.5, 0.6) is 23.0 Å². The molecule has 1 heterocycles. The number of methoxy groups -OCH3 is 1. The molecular weight excluding hydrogens is 907 g/mol. The number of aliphatic hydroxyl groups excluding tert-OH is 2. The zero-order valence-corrected chi connectivity index (χ0v) is 42.0. The number of carbonyl (C=O) groups excluding carboxylic acids is 2. The van der Waals surface area contributed by atoms with Gasteiger partial charge in [-0.25, -0.2) is 4.79 Å². The third-order valence-corrected chi connectivity index (χ3v) is 14.2. The van der Waals surface area contributed by atoms with Gasteiger partial charge in [-0.2, -0.15) is 0 Å². The minimum Gasteiger partial charge on any atom is -0.496 e. The summed E-state index contributed by atoms with van der Waals surface area (Å²) in [4.78, 5) is 45.0. The summed E-state index contributed by atoms with van der Waals surface area (Å²) >= 11 is 0. The third-order valence-electron chi connectivity index (χ3n) is 14.2. The Labute approximate surface area is 419 Å². The number of likely N-dealkylation sites (N-methyl/N-ethyl adjacent to an activating group) is 1. The van der Waals surface area contributed by atoms with Gasteiger partial charge in [-0.1, -0.05) is 94.9 Å². The number of carbonyl (C=O) groups is 2. The van der Waals surface area contributed by atoms with Gasteiger partial charge in [-0.3, -0.25) is 14.9 Å². The van der Waals surface area contributed by atoms with E-state index in [0.717, 1.165) is 68.8 Å². The molecule has 1 fully saturated rings. The first-order chi connectivity index (χ1) is 34.6. The maximum absolute atomic E-state index is 14.4. The van der Waals surface area contributed by atoms with Gasteiger partial charge in [-0.05, 0) is 104 Å². The van der Waals surface area contributed by atoms with Crippen LogP contribution < -0.4 is 14.2 Å². The Bertz CT molecular complexity index is 2270. The van der Waals surface area contributed by atoms with Crippen molar-refractivity contribution >= 4 is 23.8 Å². The molecule has 0 aromatic heterocycles. The van der Waals surface area contributed by atoms with E-state index in [1.54, 1.807) is 48.4 Å². The molecule has 2 N–H and O–H groups in total. The molecule has 0 unspecified atom stereocenters. The first kappa shape index (κ1) is 54.6. The lowest BCUT2D eigenvalue weighted by atomic mass is 9.55. The molecular formula is C56H75N3O12. The van der Waals surface area contributed by atoms with Gasteiger partial charge in [0.05, 0.1) is 42.4 Å². The number of hydrogen-bond acceptors (Lipinski definition) is 13. The maximum atomic E-state index is 14.4. The van der Waals surface area contributed by atoms with E-state index < -0.39 is 28.8 Å². The van der Waals surface area contributed by atoms with Crippen molar-refractivity contribution in [3.8, 4) is 23.0 Å². The predicted molar refractivity (Wildman–Crippen MR) is 272 cm³/mol. The summed E-state index contributed by atoms with van der Waals surface area (Å²) in [6.45, 7) is 6.74. The molecule has 6 atom stereocenters. The van der Waals surface area contributed by atoms with Crippen molar-refractivity contribution in [3.63, 3.8) is 0 Å². The second-order valence-corrected chi connectivity index (χ2v) is 19.0. The number of rotatable bonds is 31. The van der Waals surface area contributed by atoms with E-state index in [2.05, 4.69) is 19.6 Å². The quantitative estimate of drug-likeness (QED) is 0.0204. The van der Waals surface area contributed by atoms with Crippen molar-refractivity contribution in [3.05, 3.63) is 112 Å². The van der Waals surface area contributed by atoms with Gasteiger partial charge >= 0.3 is 6.09 Å². The van der Waals surface area contributed by atoms with Crippen LogP contribution in [0.2, 0.25) is 0 Å². The van der Waals surface area contributed by atoms with Crippen LogP contribution in [0.15, 0.2) is 90.1 Å². The van der Waals surface area contributed by atoms with Crippen LogP contribution in [0.25, 0.3) is 0 Å². The highest BCUT2D eigenvalue weighted by atomic mass is 16.7. The lowest BCUT2D eigenvalue weighted by Gasteiger charge is -2.59. The molecule has 1 amide bonds. The Balaban J connectivity index is 1.41. The lowest BCUT2D eigenvalue weighted by molar-refractivity contribution is -0.384. The van der Waals surface area contributed by atoms with Crippen molar-refractivity contribution in [1.82, 2.24) is 4.90 Å². The number of ether oxygens (including phenoxy) is 5. The minimum atomic E-state index is -1.48. The molecule has 0 saturated heterocycles. The molecule has 3 aromatic rings. The average molecular weight is 982 g/mol. The van der Waals surface area contributed by atoms with Crippen LogP contribution in [-0.2, 0) is 20.9 Å². The van der Waals surface area contributed by atoms with Gasteiger partial charge in [0.15, 0.2) is 6.29 Å². The summed E-state index contributed by atoms with van der Waals surface area (Å²) in [7, 11) is 3.21. The molecule has 3 aliphatic rings. The van der Waals surface area contributed by atoms with E-state index in [1.165, 1.54) is 57.8 Å². The van der Waals surface area contributed by atoms with Gasteiger partial charge in [-0.15, -0.1) is 6.58 Å². The van der Waals surface area contributed by atoms with Crippen LogP contribution in [0.1, 0.15) is 143 Å². The van der Waals surface area contributed by atoms with Crippen molar-refractivity contribution in [2.45, 2.75) is 140 Å². The smallest absolute Gasteiger partial charge is 0.409 e. The number of aldehydes is 1. The van der Waals surface area contributed by atoms with Crippen LogP contribution in [0, 0.1) is 27.9 Å². The average Bonchev–Trinajstić information content (AvgIpc) is 3.38. The highest BCUT2D eigenvalue weighted by Gasteiger charge is 2.65. The van der Waals surface area contributed by atoms with E-state index in [9.17, 15) is 29.9 Å². The molecule has 0 spiro atoms. The Morgan fingerprint density at radius 2 is 1.59 bits per heavy atom. The Morgan fingerprint density at radius 3 is 2.25 bits per heavy atom. The number of nitro groups is 1. The van der Waals surface area contributed by atoms with Crippen molar-refractivity contribution < 1.29 is 53.2 Å². The second-order valence-electron chi connectivity index (χ2n) is 19.0. The van der Waals surface area contributed by atoms with Gasteiger partial charge in [0.2, 0.25) is 5.79 Å². The number of non-ortho nitro benzene ring substituents is 1. The zero-order valence-electron chi connectivity index (χ0n) is 42.0. The standard InChI is InChI=1S/C56H75N3O12/c1-5-7-8-9-10-11-12-13-14-19-33-67-55(63)58(3)52-37-49(57-69-39-40-22-24-43(25-23-40)59(64)65)47-35-41(20-15-17-30-60)46(21-16-18-31-61)53-48-36-45(70-44-26-28-50(66-4)42(34-44)38-62)27-29-51(48)71-56(52,54(47)53)68-32-6-2/h6,22-29,34-36,38,41,46,52-54,60-61H,2,5,7-21,30-33,37,39H2,1,3-4H3/t41-,46+,52-,53+,54+,56+/m0/s1. The number of allylic oxidation sites excluding steroid dienone is 1. The fourth-order valence-electron chi connectivity index (χ4n) is 10.7. The van der Waals surface area contributed by atoms with Crippen LogP contribution in [0.4, 0.5) is 10.5 Å². The maximum Gasteiger partial charge on any atom is 0.409 e. The molecule has 6 rings (SSSR count). The number of fused-ring (bicyclic) bond motifs is 2. The van der Waals surface area contributed by atoms with E-state index in [-0.39, 0.29) is 62.9 Å². The van der Waals surface area contributed by atoms with Crippen LogP contribution in [-0.4, -0.2) is 90.5 Å². The first-order valence-electron chi connectivity index (χ1n) is 25.8. The van der Waals surface area contributed by atoms with E-state index >= 15 is 0 Å². The SMILES string of the molecule is C=CCO[C@@]12Oc3ccc(Oc4ccc(OC)c(C=O)c4)cc3[C@H]3[C@H](CCCCO)[C@@H](CCCCO)C=C(C(=NOCc4ccc([N+](=O)[O-])cc4)C[C@@H]1N(C)C(=O)OCCCCCCCCCCCC)[C@H]32. The monoisotopic (exact) mass is 982 g/mol. The van der Waals surface area contributed by atoms with Crippen LogP contribution in [0.3, 0.4) is 0 Å². The summed E-state index contributed by atoms with van der Waals surface area (Å²) in [5.41, 5.74) is 3.30. The van der Waals surface area contributed by atoms with Gasteiger partial charge in [0.25, 0.3) is 5.69 Å². The number of unbranched alkanes of at least 4 members (excludes halogenated alkanes) is 11. The van der Waals surface area contributed by atoms with Crippen molar-refractivity contribution in [1.29, 1.82) is 0 Å². The summed E-state index contributed by atoms with van der Waals surface area (Å²) in [6.07, 6.45) is 20.1. The Morgan fingerprint density at radius 1 is 0.915 bits per heavy atom. The van der Waals surface area contributed by atoms with Gasteiger partial charge in [0.1, 0.15) is 35.6 Å². The number of amides is 1. The van der Waals surface area contributed by atoms with Crippen molar-refractivity contribution in [2.75, 3.05) is 40.6 Å². The number of aliphatic hydroxyl groups is 2. The van der Waals surface area contributed by atoms with Crippen LogP contribution >= 0.6 is 0 Å². The molecule has 1 aliphatic heterocycles. The number of hydrogen-bond donors (Lipinski definition) is 2. The topological polar surface area (TPSA) is 189 Å². The molecule has 0 bridgehead atoms. The fourth-order valence-corrected chi connectivity index (χ4v) is 10.7. The van der Waals surface area contributed by atoms with E-state index in [4.69, 9.17) is 33.7 Å². The number of nitrogens with zero attached hydrogens (tertiary/aromatic N) is 3. The Hall–Kier alpha value is -5.77. The van der Waals surface area contributed by atoms with E-state index in [1.807, 2.05) is 18.2 Å². The first-order valence-corrected chi connectivity index (χ1v) is 25.8. The number of benzene rings is 3. The van der Waals surface area contributed by atoms with Gasteiger partial charge < -0.3 is 43.6 Å². The minimum absolute atomic E-state index is 0.0129. The lowest BCUT2D eigenvalue weighted by Crippen LogP contribution is -2.69. The molecule has 386 valence electrons. The highest BCUT2D eigenvalue weighted by Crippen LogP contribution is 2.62. The zero-order chi connectivity index (χ0) is 50.6. The molecule has 15 heteroatoms. The summed E-state index contributed by atoms with van der Waals surface area (Å²) in [5, 5.41) is 36.2. The fraction of sp³-hybridized carbons (Fsp3) is 0.554. The number of oxime groups is 1. The summed E-state index contributed by atoms with van der Waals surface area (Å²) in [6, 6.07) is 16.0. The summed E-state index contributed by atoms with van der Waals surface area (Å²) < 4.78 is 32.2. The third kappa shape index (κ3) is 14.0. The van der Waals surface area contributed by atoms with E-state index in [0.29, 0.717) is 52.7 Å². The predicted octanol–water partition coefficient (Wildman–Crippen LogP) is 12.0. The molecule has 15 nitrogen and oxygen atoms in total. The molecule has 1 saturated carbocycles. The van der Waals surface area contributed by atoms with Crippen molar-refractivity contribution in [2.24, 2.45) is 22.9 Å². The second kappa shape index (κ2) is 27.7.